The first-order chi connectivity index (χ1) is 20.3. The van der Waals surface area contributed by atoms with Gasteiger partial charge >= 0.3 is 0 Å². The molecule has 2 aliphatic carbocycles. The molecule has 0 aliphatic heterocycles. The maximum atomic E-state index is 5.88. The van der Waals surface area contributed by atoms with Crippen LogP contribution in [0, 0.1) is 10.4 Å². The summed E-state index contributed by atoms with van der Waals surface area (Å²) in [6, 6.07) is 40.9. The van der Waals surface area contributed by atoms with Gasteiger partial charge in [0.05, 0.1) is 14.2 Å². The molecule has 0 saturated heterocycles. The summed E-state index contributed by atoms with van der Waals surface area (Å²) in [5.41, 5.74) is 9.73. The van der Waals surface area contributed by atoms with Gasteiger partial charge in [-0.3, -0.25) is 0 Å². The van der Waals surface area contributed by atoms with Crippen molar-refractivity contribution < 1.29 is 9.47 Å². The van der Waals surface area contributed by atoms with E-state index in [1.54, 1.807) is 14.2 Å². The summed E-state index contributed by atoms with van der Waals surface area (Å²) < 4.78 is 11.4. The zero-order valence-electron chi connectivity index (χ0n) is 23.2. The molecule has 2 nitrogen and oxygen atoms in total. The van der Waals surface area contributed by atoms with Gasteiger partial charge in [-0.15, -0.1) is 0 Å². The molecule has 0 aromatic heterocycles. The second-order valence-corrected chi connectivity index (χ2v) is 10.4. The first-order valence-electron chi connectivity index (χ1n) is 14.0. The van der Waals surface area contributed by atoms with Crippen LogP contribution in [0.15, 0.2) is 127 Å². The molecule has 2 heteroatoms. The number of allylic oxidation sites excluding steroid dienone is 4. The number of methoxy groups -OCH3 is 2. The molecule has 5 aromatic rings. The Kier molecular flexibility index (Phi) is 6.37. The molecule has 0 unspecified atom stereocenters. The van der Waals surface area contributed by atoms with Gasteiger partial charge in [0.2, 0.25) is 0 Å². The highest BCUT2D eigenvalue weighted by Crippen LogP contribution is 2.41. The van der Waals surface area contributed by atoms with E-state index in [9.17, 15) is 0 Å². The van der Waals surface area contributed by atoms with Gasteiger partial charge in [0, 0.05) is 11.6 Å². The lowest BCUT2D eigenvalue weighted by Crippen LogP contribution is -2.17. The summed E-state index contributed by atoms with van der Waals surface area (Å²) in [4.78, 5) is 0. The van der Waals surface area contributed by atoms with Gasteiger partial charge in [0.15, 0.2) is 0 Å². The fraction of sp³-hybridized carbons (Fsp3) is 0.0769. The Morgan fingerprint density at radius 2 is 1.37 bits per heavy atom. The number of rotatable bonds is 6. The monoisotopic (exact) mass is 530 g/mol. The largest absolute Gasteiger partial charge is 0.497 e. The van der Waals surface area contributed by atoms with Crippen molar-refractivity contribution in [2.45, 2.75) is 6.42 Å². The van der Waals surface area contributed by atoms with E-state index in [2.05, 4.69) is 121 Å². The van der Waals surface area contributed by atoms with Gasteiger partial charge in [-0.25, -0.2) is 0 Å². The third-order valence-corrected chi connectivity index (χ3v) is 8.12. The van der Waals surface area contributed by atoms with Crippen molar-refractivity contribution in [1.82, 2.24) is 0 Å². The van der Waals surface area contributed by atoms with Crippen molar-refractivity contribution >= 4 is 22.8 Å². The standard InChI is InChI=1S/C39H30O2/c1-40-29-20-21-33(37(25-29)41-2)31-18-11-19-34(31)39-35(23-22-32-30-17-10-9-16-28(30)24-36(32)39)38(26-12-5-3-6-13-26)27-14-7-4-8-15-27/h3-18,20-25H,19H2,1-2H3. The topological polar surface area (TPSA) is 18.5 Å². The summed E-state index contributed by atoms with van der Waals surface area (Å²) in [7, 11) is 3.41. The Labute approximate surface area is 240 Å². The van der Waals surface area contributed by atoms with Gasteiger partial charge in [0.25, 0.3) is 0 Å². The molecule has 5 aromatic carbocycles. The lowest BCUT2D eigenvalue weighted by molar-refractivity contribution is 0.393. The van der Waals surface area contributed by atoms with Crippen LogP contribution in [-0.2, 0) is 0 Å². The van der Waals surface area contributed by atoms with E-state index >= 15 is 0 Å². The molecule has 0 spiro atoms. The predicted molar refractivity (Wildman–Crippen MR) is 168 cm³/mol. The summed E-state index contributed by atoms with van der Waals surface area (Å²) in [6.45, 7) is 0. The molecule has 0 heterocycles. The van der Waals surface area contributed by atoms with E-state index < -0.39 is 0 Å². The number of fused-ring (bicyclic) bond motifs is 2. The fourth-order valence-corrected chi connectivity index (χ4v) is 6.26. The van der Waals surface area contributed by atoms with Crippen LogP contribution < -0.4 is 19.9 Å². The van der Waals surface area contributed by atoms with E-state index in [4.69, 9.17) is 9.47 Å². The SMILES string of the molecule is COc1ccc(C2=C(c3c4c(ccc3=C(c3ccccc3)c3ccccc3)=c3ccccc3=C4)CC=C2)c(OC)c1. The lowest BCUT2D eigenvalue weighted by atomic mass is 9.86. The zero-order valence-corrected chi connectivity index (χ0v) is 23.2. The average molecular weight is 531 g/mol. The Morgan fingerprint density at radius 3 is 2.07 bits per heavy atom. The van der Waals surface area contributed by atoms with Crippen molar-refractivity contribution in [3.8, 4) is 11.5 Å². The van der Waals surface area contributed by atoms with Gasteiger partial charge in [0.1, 0.15) is 11.5 Å². The van der Waals surface area contributed by atoms with Crippen molar-refractivity contribution in [3.05, 3.63) is 176 Å². The van der Waals surface area contributed by atoms with Crippen LogP contribution in [-0.4, -0.2) is 14.2 Å². The minimum absolute atomic E-state index is 0.781. The summed E-state index contributed by atoms with van der Waals surface area (Å²) in [6.07, 6.45) is 7.72. The lowest BCUT2D eigenvalue weighted by Gasteiger charge is -2.18. The van der Waals surface area contributed by atoms with Crippen molar-refractivity contribution in [2.24, 2.45) is 0 Å². The molecule has 0 saturated carbocycles. The highest BCUT2D eigenvalue weighted by Gasteiger charge is 2.23. The Hall–Kier alpha value is -5.08. The molecule has 2 aliphatic rings. The second kappa shape index (κ2) is 10.5. The molecule has 41 heavy (non-hydrogen) atoms. The van der Waals surface area contributed by atoms with Crippen LogP contribution in [0.4, 0.5) is 0 Å². The van der Waals surface area contributed by atoms with E-state index in [0.717, 1.165) is 23.5 Å². The predicted octanol–water partition coefficient (Wildman–Crippen LogP) is 7.25. The quantitative estimate of drug-likeness (QED) is 0.226. The Morgan fingerprint density at radius 1 is 0.659 bits per heavy atom. The summed E-state index contributed by atoms with van der Waals surface area (Å²) >= 11 is 0. The Balaban J connectivity index is 1.65. The minimum atomic E-state index is 0.781. The van der Waals surface area contributed by atoms with Crippen molar-refractivity contribution in [1.29, 1.82) is 0 Å². The minimum Gasteiger partial charge on any atom is -0.497 e. The van der Waals surface area contributed by atoms with Crippen LogP contribution in [0.25, 0.3) is 22.8 Å². The second-order valence-electron chi connectivity index (χ2n) is 10.4. The molecule has 0 bridgehead atoms. The van der Waals surface area contributed by atoms with E-state index in [0.29, 0.717) is 0 Å². The first-order valence-corrected chi connectivity index (χ1v) is 14.0. The van der Waals surface area contributed by atoms with E-state index in [1.165, 1.54) is 59.8 Å². The molecule has 0 fully saturated rings. The molecule has 0 N–H and O–H groups in total. The highest BCUT2D eigenvalue weighted by atomic mass is 16.5. The maximum Gasteiger partial charge on any atom is 0.130 e. The molecule has 0 radical (unpaired) electrons. The van der Waals surface area contributed by atoms with Gasteiger partial charge in [-0.1, -0.05) is 109 Å². The molecule has 0 amide bonds. The molecule has 7 rings (SSSR count). The molecular weight excluding hydrogens is 500 g/mol. The summed E-state index contributed by atoms with van der Waals surface area (Å²) in [5, 5.41) is 5.05. The van der Waals surface area contributed by atoms with Crippen LogP contribution in [0.5, 0.6) is 11.5 Å². The van der Waals surface area contributed by atoms with Crippen molar-refractivity contribution in [3.63, 3.8) is 0 Å². The van der Waals surface area contributed by atoms with Crippen LogP contribution in [0.2, 0.25) is 0 Å². The maximum absolute atomic E-state index is 5.88. The van der Waals surface area contributed by atoms with Crippen LogP contribution in [0.3, 0.4) is 0 Å². The fourth-order valence-electron chi connectivity index (χ4n) is 6.26. The van der Waals surface area contributed by atoms with Crippen LogP contribution in [0.1, 0.15) is 34.2 Å². The van der Waals surface area contributed by atoms with E-state index in [1.807, 2.05) is 12.1 Å². The molecule has 0 atom stereocenters. The summed E-state index contributed by atoms with van der Waals surface area (Å²) in [5.74, 6) is 1.59. The van der Waals surface area contributed by atoms with Crippen molar-refractivity contribution in [2.75, 3.05) is 14.2 Å². The molecule has 198 valence electrons. The number of ether oxygens (including phenoxy) is 2. The third kappa shape index (κ3) is 4.29. The number of hydrogen-bond acceptors (Lipinski definition) is 2. The average Bonchev–Trinajstić information content (AvgIpc) is 3.67. The van der Waals surface area contributed by atoms with Crippen LogP contribution >= 0.6 is 0 Å². The Bertz CT molecular complexity index is 2030. The smallest absolute Gasteiger partial charge is 0.130 e. The third-order valence-electron chi connectivity index (χ3n) is 8.12. The van der Waals surface area contributed by atoms with Gasteiger partial charge < -0.3 is 9.47 Å². The highest BCUT2D eigenvalue weighted by molar-refractivity contribution is 6.02. The number of benzene rings is 5. The first kappa shape index (κ1) is 24.9. The van der Waals surface area contributed by atoms with Gasteiger partial charge in [-0.05, 0) is 84.5 Å². The van der Waals surface area contributed by atoms with E-state index in [-0.39, 0.29) is 0 Å². The normalized spacial score (nSPS) is 13.0. The molecular formula is C39H30O2. The number of hydrogen-bond donors (Lipinski definition) is 0. The van der Waals surface area contributed by atoms with Gasteiger partial charge in [-0.2, -0.15) is 0 Å². The zero-order chi connectivity index (χ0) is 27.8.